The molecule has 0 heterocycles. The van der Waals surface area contributed by atoms with Gasteiger partial charge in [0.15, 0.2) is 0 Å². The topological polar surface area (TPSA) is 0 Å². The van der Waals surface area contributed by atoms with E-state index in [0.717, 1.165) is 17.8 Å². The lowest BCUT2D eigenvalue weighted by atomic mass is 9.63. The standard InChI is InChI=1S/C15H24Br2/c1-13(2)8-14(3)6-5-9-12(14)10(13)7-11(16)15(9,4)17/h9-12H,5-8H2,1-4H3. The van der Waals surface area contributed by atoms with E-state index in [1.165, 1.54) is 25.7 Å². The zero-order chi connectivity index (χ0) is 12.6. The molecule has 0 nitrogen and oxygen atoms in total. The fourth-order valence-electron chi connectivity index (χ4n) is 5.73. The van der Waals surface area contributed by atoms with E-state index in [4.69, 9.17) is 0 Å². The molecule has 3 aliphatic carbocycles. The average Bonchev–Trinajstić information content (AvgIpc) is 2.57. The third kappa shape index (κ3) is 1.58. The Bertz CT molecular complexity index is 345. The molecule has 0 saturated heterocycles. The summed E-state index contributed by atoms with van der Waals surface area (Å²) in [4.78, 5) is 0.640. The van der Waals surface area contributed by atoms with Crippen molar-refractivity contribution in [3.63, 3.8) is 0 Å². The van der Waals surface area contributed by atoms with Gasteiger partial charge in [0.25, 0.3) is 0 Å². The van der Waals surface area contributed by atoms with Crippen molar-refractivity contribution in [2.75, 3.05) is 0 Å². The van der Waals surface area contributed by atoms with E-state index in [0.29, 0.717) is 20.0 Å². The van der Waals surface area contributed by atoms with Gasteiger partial charge in [-0.2, -0.15) is 0 Å². The largest absolute Gasteiger partial charge is 0.0875 e. The highest BCUT2D eigenvalue weighted by Gasteiger charge is 2.66. The number of rotatable bonds is 0. The molecule has 6 unspecified atom stereocenters. The van der Waals surface area contributed by atoms with Gasteiger partial charge in [0, 0.05) is 9.15 Å². The second-order valence-corrected chi connectivity index (χ2v) is 10.8. The van der Waals surface area contributed by atoms with Gasteiger partial charge in [-0.1, -0.05) is 52.6 Å². The molecule has 0 aromatic rings. The fraction of sp³-hybridized carbons (Fsp3) is 1.00. The predicted molar refractivity (Wildman–Crippen MR) is 80.9 cm³/mol. The molecule has 3 saturated carbocycles. The van der Waals surface area contributed by atoms with Crippen molar-refractivity contribution in [3.05, 3.63) is 0 Å². The minimum absolute atomic E-state index is 0.312. The van der Waals surface area contributed by atoms with Crippen LogP contribution in [0, 0.1) is 28.6 Å². The van der Waals surface area contributed by atoms with E-state index >= 15 is 0 Å². The number of hydrogen-bond donors (Lipinski definition) is 0. The van der Waals surface area contributed by atoms with Crippen LogP contribution in [-0.2, 0) is 0 Å². The molecular weight excluding hydrogens is 340 g/mol. The Balaban J connectivity index is 2.05. The highest BCUT2D eigenvalue weighted by molar-refractivity contribution is 9.12. The van der Waals surface area contributed by atoms with Gasteiger partial charge in [0.1, 0.15) is 0 Å². The van der Waals surface area contributed by atoms with Gasteiger partial charge in [-0.3, -0.25) is 0 Å². The first-order valence-corrected chi connectivity index (χ1v) is 8.72. The molecule has 17 heavy (non-hydrogen) atoms. The van der Waals surface area contributed by atoms with E-state index in [1.54, 1.807) is 0 Å². The van der Waals surface area contributed by atoms with Crippen LogP contribution in [0.15, 0.2) is 0 Å². The maximum atomic E-state index is 4.06. The van der Waals surface area contributed by atoms with Gasteiger partial charge in [-0.15, -0.1) is 0 Å². The van der Waals surface area contributed by atoms with Gasteiger partial charge in [-0.25, -0.2) is 0 Å². The van der Waals surface area contributed by atoms with Crippen LogP contribution in [0.2, 0.25) is 0 Å². The summed E-state index contributed by atoms with van der Waals surface area (Å²) in [5.41, 5.74) is 1.18. The molecule has 0 amide bonds. The van der Waals surface area contributed by atoms with Crippen LogP contribution in [0.3, 0.4) is 0 Å². The lowest BCUT2D eigenvalue weighted by Gasteiger charge is -2.49. The summed E-state index contributed by atoms with van der Waals surface area (Å²) in [6.45, 7) is 10.0. The number of alkyl halides is 2. The van der Waals surface area contributed by atoms with Crippen molar-refractivity contribution in [1.82, 2.24) is 0 Å². The van der Waals surface area contributed by atoms with Crippen LogP contribution in [-0.4, -0.2) is 9.15 Å². The molecule has 6 atom stereocenters. The Morgan fingerprint density at radius 1 is 1.06 bits per heavy atom. The summed E-state index contributed by atoms with van der Waals surface area (Å²) in [6.07, 6.45) is 5.67. The maximum Gasteiger partial charge on any atom is 0.0385 e. The quantitative estimate of drug-likeness (QED) is 0.506. The normalized spacial score (nSPS) is 60.4. The Labute approximate surface area is 123 Å². The molecule has 3 aliphatic rings. The van der Waals surface area contributed by atoms with Gasteiger partial charge in [0.05, 0.1) is 0 Å². The second kappa shape index (κ2) is 3.53. The lowest BCUT2D eigenvalue weighted by Crippen LogP contribution is -2.49. The molecule has 0 aromatic heterocycles. The van der Waals surface area contributed by atoms with Gasteiger partial charge < -0.3 is 0 Å². The van der Waals surface area contributed by atoms with E-state index in [9.17, 15) is 0 Å². The van der Waals surface area contributed by atoms with Crippen molar-refractivity contribution in [1.29, 1.82) is 0 Å². The Morgan fingerprint density at radius 2 is 1.71 bits per heavy atom. The zero-order valence-corrected chi connectivity index (χ0v) is 14.6. The Hall–Kier alpha value is 0.960. The highest BCUT2D eigenvalue weighted by Crippen LogP contribution is 2.72. The van der Waals surface area contributed by atoms with Crippen LogP contribution >= 0.6 is 31.9 Å². The molecule has 0 bridgehead atoms. The van der Waals surface area contributed by atoms with E-state index in [2.05, 4.69) is 59.6 Å². The summed E-state index contributed by atoms with van der Waals surface area (Å²) < 4.78 is 0.312. The van der Waals surface area contributed by atoms with Crippen LogP contribution in [0.1, 0.15) is 53.4 Å². The van der Waals surface area contributed by atoms with Gasteiger partial charge in [-0.05, 0) is 61.2 Å². The minimum atomic E-state index is 0.312. The molecular formula is C15H24Br2. The summed E-state index contributed by atoms with van der Waals surface area (Å²) >= 11 is 8.03. The molecule has 0 N–H and O–H groups in total. The monoisotopic (exact) mass is 362 g/mol. The highest BCUT2D eigenvalue weighted by atomic mass is 79.9. The zero-order valence-electron chi connectivity index (χ0n) is 11.4. The van der Waals surface area contributed by atoms with Crippen LogP contribution in [0.4, 0.5) is 0 Å². The summed E-state index contributed by atoms with van der Waals surface area (Å²) in [5.74, 6) is 2.75. The van der Waals surface area contributed by atoms with Crippen molar-refractivity contribution >= 4 is 31.9 Å². The van der Waals surface area contributed by atoms with E-state index in [1.807, 2.05) is 0 Å². The maximum absolute atomic E-state index is 4.06. The number of halogens is 2. The fourth-order valence-corrected chi connectivity index (χ4v) is 7.18. The van der Waals surface area contributed by atoms with Crippen molar-refractivity contribution in [2.45, 2.75) is 62.5 Å². The SMILES string of the molecule is CC1(C)CC2(C)CCC3C2C1CC(Br)C3(C)Br. The molecule has 0 aliphatic heterocycles. The molecule has 3 fully saturated rings. The average molecular weight is 364 g/mol. The summed E-state index contributed by atoms with van der Waals surface area (Å²) in [7, 11) is 0. The third-order valence-corrected chi connectivity index (χ3v) is 9.44. The summed E-state index contributed by atoms with van der Waals surface area (Å²) in [5, 5.41) is 0. The smallest absolute Gasteiger partial charge is 0.0385 e. The molecule has 0 aromatic carbocycles. The first-order valence-electron chi connectivity index (χ1n) is 7.01. The van der Waals surface area contributed by atoms with Crippen LogP contribution in [0.25, 0.3) is 0 Å². The predicted octanol–water partition coefficient (Wildman–Crippen LogP) is 5.39. The first-order chi connectivity index (χ1) is 7.68. The van der Waals surface area contributed by atoms with E-state index < -0.39 is 0 Å². The first kappa shape index (κ1) is 13.0. The molecule has 3 rings (SSSR count). The Morgan fingerprint density at radius 3 is 2.35 bits per heavy atom. The van der Waals surface area contributed by atoms with Crippen molar-refractivity contribution in [2.24, 2.45) is 28.6 Å². The third-order valence-electron chi connectivity index (χ3n) is 6.36. The van der Waals surface area contributed by atoms with Crippen LogP contribution in [0.5, 0.6) is 0 Å². The summed E-state index contributed by atoms with van der Waals surface area (Å²) in [6, 6.07) is 0. The van der Waals surface area contributed by atoms with Gasteiger partial charge >= 0.3 is 0 Å². The van der Waals surface area contributed by atoms with Crippen LogP contribution < -0.4 is 0 Å². The van der Waals surface area contributed by atoms with E-state index in [-0.39, 0.29) is 0 Å². The molecule has 98 valence electrons. The lowest BCUT2D eigenvalue weighted by molar-refractivity contribution is 0.0937. The molecule has 0 spiro atoms. The molecule has 0 radical (unpaired) electrons. The molecule has 2 heteroatoms. The number of hydrogen-bond acceptors (Lipinski definition) is 0. The van der Waals surface area contributed by atoms with Crippen molar-refractivity contribution in [3.8, 4) is 0 Å². The van der Waals surface area contributed by atoms with Crippen molar-refractivity contribution < 1.29 is 0 Å². The Kier molecular flexibility index (Phi) is 2.70. The second-order valence-electron chi connectivity index (χ2n) is 7.95. The van der Waals surface area contributed by atoms with Gasteiger partial charge in [0.2, 0.25) is 0 Å². The minimum Gasteiger partial charge on any atom is -0.0875 e.